The van der Waals surface area contributed by atoms with Gasteiger partial charge in [0.2, 0.25) is 10.0 Å². The van der Waals surface area contributed by atoms with Gasteiger partial charge >= 0.3 is 0 Å². The molecule has 0 saturated heterocycles. The van der Waals surface area contributed by atoms with Crippen LogP contribution >= 0.6 is 11.6 Å². The molecule has 0 radical (unpaired) electrons. The Morgan fingerprint density at radius 3 is 2.41 bits per heavy atom. The zero-order valence-electron chi connectivity index (χ0n) is 28.0. The van der Waals surface area contributed by atoms with Crippen LogP contribution in [-0.2, 0) is 26.2 Å². The van der Waals surface area contributed by atoms with Crippen molar-refractivity contribution >= 4 is 44.7 Å². The molecule has 0 bridgehead atoms. The molecule has 254 valence electrons. The number of ether oxygens (including phenoxy) is 1. The molecule has 0 unspecified atom stereocenters. The summed E-state index contributed by atoms with van der Waals surface area (Å²) in [6.07, 6.45) is 3.91. The highest BCUT2D eigenvalue weighted by Crippen LogP contribution is 2.47. The van der Waals surface area contributed by atoms with E-state index in [4.69, 9.17) is 16.3 Å². The Morgan fingerprint density at radius 1 is 1.08 bits per heavy atom. The third-order valence-corrected chi connectivity index (χ3v) is 10.7. The van der Waals surface area contributed by atoms with Gasteiger partial charge < -0.3 is 20.1 Å². The van der Waals surface area contributed by atoms with E-state index < -0.39 is 27.3 Å². The first-order valence-corrected chi connectivity index (χ1v) is 18.1. The number of aliphatic hydroxyl groups is 1. The van der Waals surface area contributed by atoms with Crippen LogP contribution < -0.4 is 10.1 Å². The second kappa shape index (κ2) is 13.0. The third kappa shape index (κ3) is 6.70. The summed E-state index contributed by atoms with van der Waals surface area (Å²) >= 11 is 6.80. The van der Waals surface area contributed by atoms with E-state index in [1.54, 1.807) is 82.5 Å². The predicted octanol–water partition coefficient (Wildman–Crippen LogP) is 6.98. The fourth-order valence-electron chi connectivity index (χ4n) is 6.16. The summed E-state index contributed by atoms with van der Waals surface area (Å²) in [7, 11) is -2.67. The number of carbonyl (C=O) groups excluding carboxylic acids is 2. The number of halogens is 1. The Kier molecular flexibility index (Phi) is 9.11. The zero-order chi connectivity index (χ0) is 35.2. The second-order valence-corrected chi connectivity index (χ2v) is 15.3. The van der Waals surface area contributed by atoms with Gasteiger partial charge in [-0.1, -0.05) is 54.1 Å². The van der Waals surface area contributed by atoms with Crippen molar-refractivity contribution < 1.29 is 27.9 Å². The highest BCUT2D eigenvalue weighted by Gasteiger charge is 2.36. The van der Waals surface area contributed by atoms with Crippen LogP contribution in [0.2, 0.25) is 5.02 Å². The molecule has 3 aromatic carbocycles. The highest BCUT2D eigenvalue weighted by molar-refractivity contribution is 7.89. The van der Waals surface area contributed by atoms with E-state index in [1.807, 2.05) is 18.9 Å². The van der Waals surface area contributed by atoms with Crippen molar-refractivity contribution in [2.24, 2.45) is 0 Å². The Morgan fingerprint density at radius 2 is 1.80 bits per heavy atom. The first-order chi connectivity index (χ1) is 23.2. The molecule has 6 rings (SSSR count). The lowest BCUT2D eigenvalue weighted by Gasteiger charge is -2.28. The van der Waals surface area contributed by atoms with Gasteiger partial charge in [0.1, 0.15) is 22.9 Å². The standard InChI is InChI=1S/C38H38ClN3O6S/c1-6-40-37(44)32-19-29-30(20-41(5)33(21-43)35(29)42(32)49(46,47)22-24-10-8-7-9-11-24)28-18-27(38(3,4)45)14-15-34(28)48-36-23(2)16-26(17-31(36)39)25-12-13-25/h7-11,14-20,25,45H,6,12-13,22H2,1-5H3,(H,40,44). The van der Waals surface area contributed by atoms with E-state index >= 15 is 0 Å². The summed E-state index contributed by atoms with van der Waals surface area (Å²) in [6, 6.07) is 19.3. The van der Waals surface area contributed by atoms with Crippen molar-refractivity contribution in [1.29, 1.82) is 0 Å². The highest BCUT2D eigenvalue weighted by atomic mass is 35.5. The minimum atomic E-state index is -4.27. The Labute approximate surface area is 291 Å². The molecule has 2 N–H and O–H groups in total. The van der Waals surface area contributed by atoms with Gasteiger partial charge in [0.15, 0.2) is 11.6 Å². The molecule has 4 aromatic rings. The van der Waals surface area contributed by atoms with Gasteiger partial charge in [-0.3, -0.25) is 4.79 Å². The molecular formula is C38H38ClN3O6S. The molecular weight excluding hydrogens is 662 g/mol. The lowest BCUT2D eigenvalue weighted by Crippen LogP contribution is -2.30. The molecule has 1 saturated carbocycles. The molecule has 2 aliphatic rings. The Balaban J connectivity index is 1.58. The molecule has 2 heterocycles. The van der Waals surface area contributed by atoms with Gasteiger partial charge in [-0.2, -0.15) is 0 Å². The topological polar surface area (TPSA) is 118 Å². The minimum absolute atomic E-state index is 0.00482. The van der Waals surface area contributed by atoms with E-state index in [0.29, 0.717) is 50.3 Å². The summed E-state index contributed by atoms with van der Waals surface area (Å²) in [4.78, 5) is 27.6. The van der Waals surface area contributed by atoms with E-state index in [9.17, 15) is 23.1 Å². The average molecular weight is 700 g/mol. The lowest BCUT2D eigenvalue weighted by molar-refractivity contribution is 0.0785. The van der Waals surface area contributed by atoms with Gasteiger partial charge in [0.05, 0.1) is 16.4 Å². The smallest absolute Gasteiger partial charge is 0.269 e. The fraction of sp³-hybridized carbons (Fsp3) is 0.289. The van der Waals surface area contributed by atoms with Gasteiger partial charge in [-0.15, -0.1) is 0 Å². The second-order valence-electron chi connectivity index (χ2n) is 13.1. The van der Waals surface area contributed by atoms with Crippen LogP contribution in [-0.4, -0.2) is 47.8 Å². The molecule has 1 aliphatic heterocycles. The number of rotatable bonds is 10. The van der Waals surface area contributed by atoms with Crippen LogP contribution in [0.25, 0.3) is 11.3 Å². The molecule has 49 heavy (non-hydrogen) atoms. The number of nitrogens with zero attached hydrogens (tertiary/aromatic N) is 2. The average Bonchev–Trinajstić information content (AvgIpc) is 3.81. The Bertz CT molecular complexity index is 2130. The SMILES string of the molecule is CCNC(=O)c1cc2c(n1S(=O)(=O)Cc1ccccc1)C(=C=O)N(C)C=C2c1cc(C(C)(C)O)ccc1Oc1c(C)cc(C2CC2)cc1Cl. The van der Waals surface area contributed by atoms with Crippen LogP contribution in [0, 0.1) is 6.92 Å². The van der Waals surface area contributed by atoms with Crippen LogP contribution in [0.3, 0.4) is 0 Å². The number of amides is 1. The summed E-state index contributed by atoms with van der Waals surface area (Å²) in [5.74, 6) is 2.20. The molecule has 11 heteroatoms. The van der Waals surface area contributed by atoms with Gasteiger partial charge in [-0.25, -0.2) is 17.2 Å². The molecule has 0 atom stereocenters. The lowest BCUT2D eigenvalue weighted by atomic mass is 9.89. The van der Waals surface area contributed by atoms with E-state index in [-0.39, 0.29) is 23.6 Å². The monoisotopic (exact) mass is 699 g/mol. The number of benzene rings is 3. The summed E-state index contributed by atoms with van der Waals surface area (Å²) in [5, 5.41) is 14.2. The van der Waals surface area contributed by atoms with E-state index in [2.05, 4.69) is 11.4 Å². The summed E-state index contributed by atoms with van der Waals surface area (Å²) in [5.41, 5.74) is 2.85. The summed E-state index contributed by atoms with van der Waals surface area (Å²) < 4.78 is 36.0. The number of carbonyl (C=O) groups is 1. The predicted molar refractivity (Wildman–Crippen MR) is 191 cm³/mol. The number of hydrogen-bond donors (Lipinski definition) is 2. The molecule has 1 aliphatic carbocycles. The van der Waals surface area contributed by atoms with Crippen LogP contribution in [0.15, 0.2) is 72.9 Å². The molecule has 1 fully saturated rings. The molecule has 0 spiro atoms. The van der Waals surface area contributed by atoms with Gasteiger partial charge in [0, 0.05) is 36.5 Å². The quantitative estimate of drug-likeness (QED) is 0.172. The van der Waals surface area contributed by atoms with Crippen molar-refractivity contribution in [3.63, 3.8) is 0 Å². The van der Waals surface area contributed by atoms with Crippen molar-refractivity contribution in [2.45, 2.75) is 57.8 Å². The summed E-state index contributed by atoms with van der Waals surface area (Å²) in [6.45, 7) is 7.22. The number of fused-ring (bicyclic) bond motifs is 1. The maximum absolute atomic E-state index is 14.3. The first kappa shape index (κ1) is 34.3. The molecule has 1 amide bonds. The maximum Gasteiger partial charge on any atom is 0.269 e. The third-order valence-electron chi connectivity index (χ3n) is 8.77. The van der Waals surface area contributed by atoms with Crippen molar-refractivity contribution in [2.75, 3.05) is 13.6 Å². The van der Waals surface area contributed by atoms with Crippen LogP contribution in [0.4, 0.5) is 0 Å². The number of hydrogen-bond acceptors (Lipinski definition) is 7. The van der Waals surface area contributed by atoms with Gasteiger partial charge in [-0.05, 0) is 93.0 Å². The van der Waals surface area contributed by atoms with Crippen molar-refractivity contribution in [3.8, 4) is 11.5 Å². The number of aromatic nitrogens is 1. The molecule has 1 aromatic heterocycles. The van der Waals surface area contributed by atoms with Crippen molar-refractivity contribution in [3.05, 3.63) is 123 Å². The van der Waals surface area contributed by atoms with E-state index in [0.717, 1.165) is 27.9 Å². The van der Waals surface area contributed by atoms with Crippen LogP contribution in [0.1, 0.15) is 89.1 Å². The zero-order valence-corrected chi connectivity index (χ0v) is 29.6. The largest absolute Gasteiger partial charge is 0.455 e. The maximum atomic E-state index is 14.3. The van der Waals surface area contributed by atoms with Crippen molar-refractivity contribution in [1.82, 2.24) is 14.2 Å². The van der Waals surface area contributed by atoms with E-state index in [1.165, 1.54) is 11.0 Å². The Hall–Kier alpha value is -4.60. The number of aryl methyl sites for hydroxylation is 1. The fourth-order valence-corrected chi connectivity index (χ4v) is 8.11. The number of nitrogens with one attached hydrogen (secondary N) is 1. The van der Waals surface area contributed by atoms with Crippen LogP contribution in [0.5, 0.6) is 11.5 Å². The normalized spacial score (nSPS) is 14.6. The first-order valence-electron chi connectivity index (χ1n) is 16.1. The molecule has 9 nitrogen and oxygen atoms in total. The van der Waals surface area contributed by atoms with Gasteiger partial charge in [0.25, 0.3) is 5.91 Å². The minimum Gasteiger partial charge on any atom is -0.455 e.